The van der Waals surface area contributed by atoms with E-state index in [-0.39, 0.29) is 5.91 Å². The number of benzene rings is 1. The molecule has 0 bridgehead atoms. The van der Waals surface area contributed by atoms with Crippen LogP contribution in [0.25, 0.3) is 16.3 Å². The Kier molecular flexibility index (Phi) is 4.17. The summed E-state index contributed by atoms with van der Waals surface area (Å²) in [5, 5.41) is 5.43. The number of thiazole rings is 1. The lowest BCUT2D eigenvalue weighted by Crippen LogP contribution is -2.11. The van der Waals surface area contributed by atoms with Crippen LogP contribution < -0.4 is 5.32 Å². The molecule has 0 radical (unpaired) electrons. The van der Waals surface area contributed by atoms with Crippen molar-refractivity contribution in [3.8, 4) is 16.3 Å². The van der Waals surface area contributed by atoms with E-state index in [1.165, 1.54) is 16.2 Å². The first-order valence-corrected chi connectivity index (χ1v) is 9.31. The molecule has 25 heavy (non-hydrogen) atoms. The molecular formula is C18H14N4OS2. The highest BCUT2D eigenvalue weighted by Gasteiger charge is 2.11. The van der Waals surface area contributed by atoms with E-state index in [4.69, 9.17) is 0 Å². The summed E-state index contributed by atoms with van der Waals surface area (Å²) in [4.78, 5) is 23.3. The maximum absolute atomic E-state index is 12.4. The second-order valence-electron chi connectivity index (χ2n) is 5.42. The Labute approximate surface area is 152 Å². The molecule has 124 valence electrons. The van der Waals surface area contributed by atoms with Crippen molar-refractivity contribution >= 4 is 33.7 Å². The molecule has 1 amide bonds. The fourth-order valence-corrected chi connectivity index (χ4v) is 3.99. The lowest BCUT2D eigenvalue weighted by Gasteiger charge is -2.04. The lowest BCUT2D eigenvalue weighted by atomic mass is 10.2. The summed E-state index contributed by atoms with van der Waals surface area (Å²) in [6.45, 7) is 2.07. The molecule has 0 saturated heterocycles. The molecule has 0 aliphatic carbocycles. The number of carbonyl (C=O) groups is 1. The standard InChI is InChI=1S/C18H14N4OS2/c1-12-2-7-16(25-12)15-10-24-18(20-15)21-17(23)13-3-5-14(6-4-13)22-9-8-19-11-22/h2-11H,1H3,(H,20,21,23). The number of thiophene rings is 1. The van der Waals surface area contributed by atoms with E-state index in [0.29, 0.717) is 10.7 Å². The van der Waals surface area contributed by atoms with Gasteiger partial charge in [-0.05, 0) is 43.3 Å². The second kappa shape index (κ2) is 6.62. The normalized spacial score (nSPS) is 10.8. The van der Waals surface area contributed by atoms with Crippen LogP contribution in [0.2, 0.25) is 0 Å². The molecule has 4 rings (SSSR count). The van der Waals surface area contributed by atoms with Crippen molar-refractivity contribution in [2.75, 3.05) is 5.32 Å². The van der Waals surface area contributed by atoms with Crippen LogP contribution in [0.5, 0.6) is 0 Å². The highest BCUT2D eigenvalue weighted by Crippen LogP contribution is 2.30. The number of aryl methyl sites for hydroxylation is 1. The minimum atomic E-state index is -0.166. The molecule has 0 aliphatic rings. The van der Waals surface area contributed by atoms with Gasteiger partial charge < -0.3 is 4.57 Å². The Hall–Kier alpha value is -2.77. The van der Waals surface area contributed by atoms with Gasteiger partial charge in [-0.1, -0.05) is 0 Å². The second-order valence-corrected chi connectivity index (χ2v) is 7.57. The molecule has 1 aromatic carbocycles. The Morgan fingerprint density at radius 1 is 1.16 bits per heavy atom. The summed E-state index contributed by atoms with van der Waals surface area (Å²) in [5.74, 6) is -0.166. The summed E-state index contributed by atoms with van der Waals surface area (Å²) in [6, 6.07) is 11.5. The van der Waals surface area contributed by atoms with Crippen LogP contribution in [0.3, 0.4) is 0 Å². The van der Waals surface area contributed by atoms with Gasteiger partial charge in [-0.3, -0.25) is 10.1 Å². The molecule has 0 atom stereocenters. The van der Waals surface area contributed by atoms with Crippen molar-refractivity contribution in [1.82, 2.24) is 14.5 Å². The molecule has 0 unspecified atom stereocenters. The van der Waals surface area contributed by atoms with Crippen molar-refractivity contribution in [2.45, 2.75) is 6.92 Å². The van der Waals surface area contributed by atoms with E-state index >= 15 is 0 Å². The van der Waals surface area contributed by atoms with Crippen LogP contribution in [0.1, 0.15) is 15.2 Å². The van der Waals surface area contributed by atoms with Gasteiger partial charge in [-0.15, -0.1) is 22.7 Å². The van der Waals surface area contributed by atoms with E-state index in [0.717, 1.165) is 16.3 Å². The van der Waals surface area contributed by atoms with Gasteiger partial charge in [0.15, 0.2) is 5.13 Å². The van der Waals surface area contributed by atoms with Crippen molar-refractivity contribution in [2.24, 2.45) is 0 Å². The third kappa shape index (κ3) is 3.38. The van der Waals surface area contributed by atoms with Crippen LogP contribution in [0, 0.1) is 6.92 Å². The molecule has 5 nitrogen and oxygen atoms in total. The molecule has 0 aliphatic heterocycles. The van der Waals surface area contributed by atoms with Crippen molar-refractivity contribution in [1.29, 1.82) is 0 Å². The molecule has 1 N–H and O–H groups in total. The monoisotopic (exact) mass is 366 g/mol. The summed E-state index contributed by atoms with van der Waals surface area (Å²) in [5.41, 5.74) is 2.44. The molecule has 0 fully saturated rings. The number of rotatable bonds is 4. The van der Waals surface area contributed by atoms with Gasteiger partial charge in [-0.2, -0.15) is 0 Å². The minimum absolute atomic E-state index is 0.166. The quantitative estimate of drug-likeness (QED) is 0.573. The first-order chi connectivity index (χ1) is 12.2. The average Bonchev–Trinajstić information content (AvgIpc) is 3.36. The van der Waals surface area contributed by atoms with Crippen molar-refractivity contribution < 1.29 is 4.79 Å². The zero-order valence-corrected chi connectivity index (χ0v) is 15.0. The largest absolute Gasteiger partial charge is 0.306 e. The lowest BCUT2D eigenvalue weighted by molar-refractivity contribution is 0.102. The van der Waals surface area contributed by atoms with Gasteiger partial charge in [0.1, 0.15) is 0 Å². The van der Waals surface area contributed by atoms with Crippen LogP contribution in [-0.2, 0) is 0 Å². The predicted octanol–water partition coefficient (Wildman–Crippen LogP) is 4.62. The fraction of sp³-hybridized carbons (Fsp3) is 0.0556. The number of hydrogen-bond donors (Lipinski definition) is 1. The van der Waals surface area contributed by atoms with Gasteiger partial charge in [0.05, 0.1) is 16.9 Å². The molecule has 3 aromatic heterocycles. The number of anilines is 1. The first kappa shape index (κ1) is 15.7. The van der Waals surface area contributed by atoms with Crippen molar-refractivity contribution in [3.63, 3.8) is 0 Å². The van der Waals surface area contributed by atoms with E-state index in [9.17, 15) is 4.79 Å². The highest BCUT2D eigenvalue weighted by molar-refractivity contribution is 7.17. The molecule has 3 heterocycles. The highest BCUT2D eigenvalue weighted by atomic mass is 32.1. The Morgan fingerprint density at radius 2 is 2.00 bits per heavy atom. The van der Waals surface area contributed by atoms with Gasteiger partial charge in [-0.25, -0.2) is 9.97 Å². The van der Waals surface area contributed by atoms with Crippen LogP contribution >= 0.6 is 22.7 Å². The Morgan fingerprint density at radius 3 is 2.68 bits per heavy atom. The Bertz CT molecular complexity index is 1000. The molecule has 0 spiro atoms. The van der Waals surface area contributed by atoms with E-state index in [1.807, 2.05) is 28.3 Å². The minimum Gasteiger partial charge on any atom is -0.306 e. The number of imidazole rings is 1. The smallest absolute Gasteiger partial charge is 0.257 e. The third-order valence-electron chi connectivity index (χ3n) is 3.65. The maximum Gasteiger partial charge on any atom is 0.257 e. The number of hydrogen-bond acceptors (Lipinski definition) is 5. The summed E-state index contributed by atoms with van der Waals surface area (Å²) in [7, 11) is 0. The number of nitrogens with one attached hydrogen (secondary N) is 1. The summed E-state index contributed by atoms with van der Waals surface area (Å²) < 4.78 is 1.89. The molecule has 7 heteroatoms. The van der Waals surface area contributed by atoms with E-state index < -0.39 is 0 Å². The Balaban J connectivity index is 1.48. The van der Waals surface area contributed by atoms with Gasteiger partial charge in [0, 0.05) is 33.9 Å². The third-order valence-corrected chi connectivity index (χ3v) is 5.43. The number of carbonyl (C=O) groups excluding carboxylic acids is 1. The zero-order chi connectivity index (χ0) is 17.2. The SMILES string of the molecule is Cc1ccc(-c2csc(NC(=O)c3ccc(-n4ccnc4)cc3)n2)s1. The molecular weight excluding hydrogens is 352 g/mol. The summed E-state index contributed by atoms with van der Waals surface area (Å²) >= 11 is 3.12. The van der Waals surface area contributed by atoms with Crippen molar-refractivity contribution in [3.05, 3.63) is 70.9 Å². The molecule has 0 saturated carbocycles. The topological polar surface area (TPSA) is 59.8 Å². The number of aromatic nitrogens is 3. The number of amides is 1. The van der Waals surface area contributed by atoms with Crippen LogP contribution in [0.4, 0.5) is 5.13 Å². The maximum atomic E-state index is 12.4. The molecule has 4 aromatic rings. The van der Waals surface area contributed by atoms with Gasteiger partial charge >= 0.3 is 0 Å². The average molecular weight is 366 g/mol. The summed E-state index contributed by atoms with van der Waals surface area (Å²) in [6.07, 6.45) is 5.30. The number of nitrogens with zero attached hydrogens (tertiary/aromatic N) is 3. The van der Waals surface area contributed by atoms with E-state index in [2.05, 4.69) is 34.3 Å². The van der Waals surface area contributed by atoms with E-state index in [1.54, 1.807) is 36.0 Å². The van der Waals surface area contributed by atoms with Crippen LogP contribution in [0.15, 0.2) is 60.5 Å². The fourth-order valence-electron chi connectivity index (χ4n) is 2.38. The predicted molar refractivity (Wildman–Crippen MR) is 102 cm³/mol. The van der Waals surface area contributed by atoms with Crippen LogP contribution in [-0.4, -0.2) is 20.4 Å². The van der Waals surface area contributed by atoms with Gasteiger partial charge in [0.25, 0.3) is 5.91 Å². The first-order valence-electron chi connectivity index (χ1n) is 7.61. The van der Waals surface area contributed by atoms with Gasteiger partial charge in [0.2, 0.25) is 0 Å². The zero-order valence-electron chi connectivity index (χ0n) is 13.3.